The van der Waals surface area contributed by atoms with E-state index >= 15 is 0 Å². The number of nitrogens with zero attached hydrogens (tertiary/aromatic N) is 1. The van der Waals surface area contributed by atoms with Gasteiger partial charge in [0, 0.05) is 6.54 Å². The molecular formula is C14H16F3NO3. The van der Waals surface area contributed by atoms with E-state index in [-0.39, 0.29) is 13.1 Å². The third-order valence-corrected chi connectivity index (χ3v) is 2.79. The van der Waals surface area contributed by atoms with Crippen LogP contribution < -0.4 is 0 Å². The molecule has 7 heteroatoms. The van der Waals surface area contributed by atoms with Gasteiger partial charge < -0.3 is 9.64 Å². The topological polar surface area (TPSA) is 46.6 Å². The number of amides is 1. The first-order chi connectivity index (χ1) is 9.81. The number of carbonyl (C=O) groups is 2. The molecule has 1 rings (SSSR count). The van der Waals surface area contributed by atoms with Crippen LogP contribution in [0.15, 0.2) is 24.3 Å². The number of carbonyl (C=O) groups excluding carboxylic acids is 2. The number of rotatable bonds is 5. The molecule has 116 valence electrons. The van der Waals surface area contributed by atoms with Gasteiger partial charge in [-0.15, -0.1) is 0 Å². The van der Waals surface area contributed by atoms with Crippen molar-refractivity contribution in [1.29, 1.82) is 0 Å². The second kappa shape index (κ2) is 7.10. The zero-order chi connectivity index (χ0) is 16.0. The summed E-state index contributed by atoms with van der Waals surface area (Å²) in [4.78, 5) is 24.6. The zero-order valence-corrected chi connectivity index (χ0v) is 11.7. The summed E-state index contributed by atoms with van der Waals surface area (Å²) in [5.41, 5.74) is -1.48. The van der Waals surface area contributed by atoms with Gasteiger partial charge in [0.15, 0.2) is 0 Å². The third-order valence-electron chi connectivity index (χ3n) is 2.79. The van der Waals surface area contributed by atoms with Gasteiger partial charge in [-0.05, 0) is 18.6 Å². The summed E-state index contributed by atoms with van der Waals surface area (Å²) in [7, 11) is 1.15. The minimum Gasteiger partial charge on any atom is -0.468 e. The summed E-state index contributed by atoms with van der Waals surface area (Å²) in [6.07, 6.45) is -4.12. The number of benzene rings is 1. The van der Waals surface area contributed by atoms with Crippen molar-refractivity contribution in [2.45, 2.75) is 19.5 Å². The average molecular weight is 303 g/mol. The molecule has 0 aliphatic rings. The lowest BCUT2D eigenvalue weighted by molar-refractivity contribution is -0.141. The molecule has 0 saturated heterocycles. The average Bonchev–Trinajstić information content (AvgIpc) is 2.45. The van der Waals surface area contributed by atoms with Crippen molar-refractivity contribution < 1.29 is 27.5 Å². The molecule has 0 N–H and O–H groups in total. The fourth-order valence-corrected chi connectivity index (χ4v) is 1.83. The van der Waals surface area contributed by atoms with Crippen LogP contribution >= 0.6 is 0 Å². The van der Waals surface area contributed by atoms with Gasteiger partial charge in [0.05, 0.1) is 18.2 Å². The van der Waals surface area contributed by atoms with Crippen LogP contribution in [0.5, 0.6) is 0 Å². The second-order valence-corrected chi connectivity index (χ2v) is 4.35. The minimum absolute atomic E-state index is 0.167. The number of ether oxygens (including phenoxy) is 1. The van der Waals surface area contributed by atoms with Crippen molar-refractivity contribution in [2.75, 3.05) is 20.2 Å². The Morgan fingerprint density at radius 3 is 2.38 bits per heavy atom. The van der Waals surface area contributed by atoms with E-state index in [2.05, 4.69) is 4.74 Å². The number of hydrogen-bond donors (Lipinski definition) is 0. The number of methoxy groups -OCH3 is 1. The van der Waals surface area contributed by atoms with E-state index in [0.29, 0.717) is 6.42 Å². The Bertz CT molecular complexity index is 514. The van der Waals surface area contributed by atoms with Crippen molar-refractivity contribution >= 4 is 11.9 Å². The molecule has 1 amide bonds. The SMILES string of the molecule is CCCN(CC(=O)OC)C(=O)c1ccccc1C(F)(F)F. The first-order valence-corrected chi connectivity index (χ1v) is 6.33. The molecule has 0 aliphatic carbocycles. The lowest BCUT2D eigenvalue weighted by atomic mass is 10.1. The van der Waals surface area contributed by atoms with Crippen molar-refractivity contribution in [3.05, 3.63) is 35.4 Å². The van der Waals surface area contributed by atoms with Crippen LogP contribution in [0.1, 0.15) is 29.3 Å². The highest BCUT2D eigenvalue weighted by atomic mass is 19.4. The Morgan fingerprint density at radius 2 is 1.86 bits per heavy atom. The van der Waals surface area contributed by atoms with E-state index in [1.165, 1.54) is 12.1 Å². The Labute approximate surface area is 120 Å². The lowest BCUT2D eigenvalue weighted by Gasteiger charge is -2.22. The van der Waals surface area contributed by atoms with Crippen molar-refractivity contribution in [1.82, 2.24) is 4.90 Å². The number of esters is 1. The fourth-order valence-electron chi connectivity index (χ4n) is 1.83. The monoisotopic (exact) mass is 303 g/mol. The molecule has 1 aromatic carbocycles. The summed E-state index contributed by atoms with van der Waals surface area (Å²) in [5, 5.41) is 0. The summed E-state index contributed by atoms with van der Waals surface area (Å²) >= 11 is 0. The molecule has 0 saturated carbocycles. The quantitative estimate of drug-likeness (QED) is 0.786. The molecule has 21 heavy (non-hydrogen) atoms. The first-order valence-electron chi connectivity index (χ1n) is 6.33. The molecule has 0 unspecified atom stereocenters. The van der Waals surface area contributed by atoms with Crippen LogP contribution in [0.4, 0.5) is 13.2 Å². The lowest BCUT2D eigenvalue weighted by Crippen LogP contribution is -2.37. The van der Waals surface area contributed by atoms with Crippen LogP contribution in [0, 0.1) is 0 Å². The van der Waals surface area contributed by atoms with E-state index in [1.54, 1.807) is 6.92 Å². The molecule has 4 nitrogen and oxygen atoms in total. The summed E-state index contributed by atoms with van der Waals surface area (Å²) in [6.45, 7) is 1.54. The number of hydrogen-bond acceptors (Lipinski definition) is 3. The molecule has 0 heterocycles. The standard InChI is InChI=1S/C14H16F3NO3/c1-3-8-18(9-12(19)21-2)13(20)10-6-4-5-7-11(10)14(15,16)17/h4-7H,3,8-9H2,1-2H3. The van der Waals surface area contributed by atoms with Crippen LogP contribution in [-0.2, 0) is 15.7 Å². The molecule has 1 aromatic rings. The van der Waals surface area contributed by atoms with Crippen molar-refractivity contribution in [2.24, 2.45) is 0 Å². The summed E-state index contributed by atoms with van der Waals surface area (Å²) in [6, 6.07) is 4.51. The van der Waals surface area contributed by atoms with E-state index in [0.717, 1.165) is 24.1 Å². The van der Waals surface area contributed by atoms with Gasteiger partial charge in [-0.25, -0.2) is 0 Å². The Balaban J connectivity index is 3.12. The maximum Gasteiger partial charge on any atom is 0.417 e. The normalized spacial score (nSPS) is 11.1. The smallest absolute Gasteiger partial charge is 0.417 e. The van der Waals surface area contributed by atoms with Gasteiger partial charge in [0.25, 0.3) is 5.91 Å². The van der Waals surface area contributed by atoms with Gasteiger partial charge in [-0.1, -0.05) is 19.1 Å². The van der Waals surface area contributed by atoms with Crippen molar-refractivity contribution in [3.8, 4) is 0 Å². The highest BCUT2D eigenvalue weighted by molar-refractivity contribution is 5.97. The highest BCUT2D eigenvalue weighted by Gasteiger charge is 2.36. The van der Waals surface area contributed by atoms with Crippen LogP contribution in [0.25, 0.3) is 0 Å². The second-order valence-electron chi connectivity index (χ2n) is 4.35. The zero-order valence-electron chi connectivity index (χ0n) is 11.7. The predicted molar refractivity (Wildman–Crippen MR) is 69.7 cm³/mol. The largest absolute Gasteiger partial charge is 0.468 e. The maximum absolute atomic E-state index is 12.9. The number of halogens is 3. The Kier molecular flexibility index (Phi) is 5.75. The van der Waals surface area contributed by atoms with E-state index < -0.39 is 29.2 Å². The molecule has 0 fully saturated rings. The first kappa shape index (κ1) is 17.0. The van der Waals surface area contributed by atoms with Gasteiger partial charge in [0.1, 0.15) is 6.54 Å². The minimum atomic E-state index is -4.63. The van der Waals surface area contributed by atoms with Gasteiger partial charge in [-0.2, -0.15) is 13.2 Å². The molecule has 0 aromatic heterocycles. The molecule has 0 spiro atoms. The fraction of sp³-hybridized carbons (Fsp3) is 0.429. The summed E-state index contributed by atoms with van der Waals surface area (Å²) < 4.78 is 43.2. The van der Waals surface area contributed by atoms with Crippen molar-refractivity contribution in [3.63, 3.8) is 0 Å². The maximum atomic E-state index is 12.9. The van der Waals surface area contributed by atoms with E-state index in [1.807, 2.05) is 0 Å². The molecule has 0 bridgehead atoms. The highest BCUT2D eigenvalue weighted by Crippen LogP contribution is 2.32. The molecule has 0 aliphatic heterocycles. The Morgan fingerprint density at radius 1 is 1.24 bits per heavy atom. The predicted octanol–water partition coefficient (Wildman–Crippen LogP) is 2.73. The summed E-state index contributed by atoms with van der Waals surface area (Å²) in [5.74, 6) is -1.52. The molecule has 0 atom stereocenters. The third kappa shape index (κ3) is 4.47. The van der Waals surface area contributed by atoms with Crippen LogP contribution in [-0.4, -0.2) is 37.0 Å². The number of alkyl halides is 3. The van der Waals surface area contributed by atoms with Crippen LogP contribution in [0.3, 0.4) is 0 Å². The molecule has 0 radical (unpaired) electrons. The Hall–Kier alpha value is -2.05. The van der Waals surface area contributed by atoms with Gasteiger partial charge in [0.2, 0.25) is 0 Å². The van der Waals surface area contributed by atoms with Gasteiger partial charge >= 0.3 is 12.1 Å². The van der Waals surface area contributed by atoms with Gasteiger partial charge in [-0.3, -0.25) is 9.59 Å². The molecular weight excluding hydrogens is 287 g/mol. The van der Waals surface area contributed by atoms with Crippen LogP contribution in [0.2, 0.25) is 0 Å². The van der Waals surface area contributed by atoms with E-state index in [9.17, 15) is 22.8 Å². The van der Waals surface area contributed by atoms with E-state index in [4.69, 9.17) is 0 Å².